The number of aromatic nitrogens is 2. The van der Waals surface area contributed by atoms with E-state index in [2.05, 4.69) is 16.9 Å². The average molecular weight is 265 g/mol. The number of benzene rings is 1. The van der Waals surface area contributed by atoms with E-state index in [1.807, 2.05) is 24.3 Å². The van der Waals surface area contributed by atoms with E-state index in [4.69, 9.17) is 11.6 Å². The first-order valence-corrected chi connectivity index (χ1v) is 6.70. The fraction of sp³-hybridized carbons (Fsp3) is 0.429. The lowest BCUT2D eigenvalue weighted by Crippen LogP contribution is -2.03. The fourth-order valence-electron chi connectivity index (χ4n) is 1.93. The Balaban J connectivity index is 2.24. The summed E-state index contributed by atoms with van der Waals surface area (Å²) in [6, 6.07) is 7.53. The minimum Gasteiger partial charge on any atom is -0.387 e. The minimum absolute atomic E-state index is 0.303. The van der Waals surface area contributed by atoms with Gasteiger partial charge in [0, 0.05) is 0 Å². The topological polar surface area (TPSA) is 46.0 Å². The molecular weight excluding hydrogens is 248 g/mol. The molecule has 1 aromatic carbocycles. The van der Waals surface area contributed by atoms with Crippen LogP contribution in [0.2, 0.25) is 5.15 Å². The molecule has 18 heavy (non-hydrogen) atoms. The first kappa shape index (κ1) is 13.2. The summed E-state index contributed by atoms with van der Waals surface area (Å²) < 4.78 is 0. The van der Waals surface area contributed by atoms with Gasteiger partial charge in [-0.25, -0.2) is 9.97 Å². The Morgan fingerprint density at radius 1 is 1.17 bits per heavy atom. The normalized spacial score (nSPS) is 12.8. The molecule has 0 saturated carbocycles. The van der Waals surface area contributed by atoms with Gasteiger partial charge in [-0.3, -0.25) is 0 Å². The first-order chi connectivity index (χ1) is 8.72. The molecule has 0 bridgehead atoms. The molecule has 1 aromatic heterocycles. The van der Waals surface area contributed by atoms with Crippen molar-refractivity contribution in [1.29, 1.82) is 0 Å². The Hall–Kier alpha value is -1.19. The van der Waals surface area contributed by atoms with Crippen molar-refractivity contribution in [1.82, 2.24) is 9.97 Å². The summed E-state index contributed by atoms with van der Waals surface area (Å²) in [5.74, 6) is 0. The highest BCUT2D eigenvalue weighted by atomic mass is 35.5. The number of hydrogen-bond donors (Lipinski definition) is 1. The lowest BCUT2D eigenvalue weighted by atomic mass is 10.1. The third-order valence-electron chi connectivity index (χ3n) is 2.95. The number of aliphatic hydroxyl groups excluding tert-OH is 1. The number of nitrogens with zero attached hydrogens (tertiary/aromatic N) is 2. The van der Waals surface area contributed by atoms with Crippen molar-refractivity contribution in [2.24, 2.45) is 0 Å². The van der Waals surface area contributed by atoms with Crippen LogP contribution in [0.3, 0.4) is 0 Å². The van der Waals surface area contributed by atoms with Gasteiger partial charge in [-0.15, -0.1) is 0 Å². The van der Waals surface area contributed by atoms with Crippen LogP contribution in [-0.2, 0) is 0 Å². The molecule has 1 N–H and O–H groups in total. The first-order valence-electron chi connectivity index (χ1n) is 6.32. The molecule has 2 aromatic rings. The number of aliphatic hydroxyl groups is 1. The van der Waals surface area contributed by atoms with E-state index in [0.29, 0.717) is 17.3 Å². The van der Waals surface area contributed by atoms with E-state index in [1.54, 1.807) is 0 Å². The van der Waals surface area contributed by atoms with Crippen molar-refractivity contribution in [2.45, 2.75) is 38.7 Å². The summed E-state index contributed by atoms with van der Waals surface area (Å²) in [4.78, 5) is 8.68. The zero-order chi connectivity index (χ0) is 13.0. The van der Waals surface area contributed by atoms with Gasteiger partial charge in [-0.2, -0.15) is 0 Å². The van der Waals surface area contributed by atoms with Crippen LogP contribution in [0.4, 0.5) is 0 Å². The molecule has 0 saturated heterocycles. The van der Waals surface area contributed by atoms with Gasteiger partial charge in [0.05, 0.1) is 17.1 Å². The van der Waals surface area contributed by atoms with Gasteiger partial charge in [0.15, 0.2) is 5.15 Å². The summed E-state index contributed by atoms with van der Waals surface area (Å²) >= 11 is 6.08. The SMILES string of the molecule is CCCCCC(O)c1nc2ccccc2nc1Cl. The quantitative estimate of drug-likeness (QED) is 0.833. The predicted molar refractivity (Wildman–Crippen MR) is 73.6 cm³/mol. The van der Waals surface area contributed by atoms with E-state index in [9.17, 15) is 5.11 Å². The van der Waals surface area contributed by atoms with Crippen molar-refractivity contribution in [3.8, 4) is 0 Å². The highest BCUT2D eigenvalue weighted by Gasteiger charge is 2.15. The van der Waals surface area contributed by atoms with Crippen molar-refractivity contribution < 1.29 is 5.11 Å². The molecule has 0 spiro atoms. The van der Waals surface area contributed by atoms with Gasteiger partial charge in [-0.05, 0) is 18.6 Å². The zero-order valence-electron chi connectivity index (χ0n) is 10.4. The molecule has 0 fully saturated rings. The van der Waals surface area contributed by atoms with E-state index in [1.165, 1.54) is 0 Å². The van der Waals surface area contributed by atoms with Crippen molar-refractivity contribution in [3.05, 3.63) is 35.1 Å². The van der Waals surface area contributed by atoms with Crippen LogP contribution in [-0.4, -0.2) is 15.1 Å². The van der Waals surface area contributed by atoms with Crippen LogP contribution in [0.1, 0.15) is 44.4 Å². The van der Waals surface area contributed by atoms with Gasteiger partial charge in [0.1, 0.15) is 5.69 Å². The van der Waals surface area contributed by atoms with Gasteiger partial charge in [0.25, 0.3) is 0 Å². The van der Waals surface area contributed by atoms with E-state index in [-0.39, 0.29) is 0 Å². The molecule has 3 nitrogen and oxygen atoms in total. The summed E-state index contributed by atoms with van der Waals surface area (Å²) in [5.41, 5.74) is 2.02. The average Bonchev–Trinajstić information content (AvgIpc) is 2.38. The summed E-state index contributed by atoms with van der Waals surface area (Å²) in [7, 11) is 0. The monoisotopic (exact) mass is 264 g/mol. The van der Waals surface area contributed by atoms with E-state index in [0.717, 1.165) is 30.3 Å². The Kier molecular flexibility index (Phi) is 4.50. The van der Waals surface area contributed by atoms with Crippen molar-refractivity contribution >= 4 is 22.6 Å². The predicted octanol–water partition coefficient (Wildman–Crippen LogP) is 3.90. The molecule has 96 valence electrons. The third-order valence-corrected chi connectivity index (χ3v) is 3.23. The second-order valence-electron chi connectivity index (χ2n) is 4.40. The molecule has 0 amide bonds. The number of fused-ring (bicyclic) bond motifs is 1. The Morgan fingerprint density at radius 2 is 1.83 bits per heavy atom. The zero-order valence-corrected chi connectivity index (χ0v) is 11.2. The number of unbranched alkanes of at least 4 members (excludes halogenated alkanes) is 2. The molecule has 1 atom stereocenters. The second-order valence-corrected chi connectivity index (χ2v) is 4.76. The molecule has 0 aliphatic heterocycles. The number of hydrogen-bond acceptors (Lipinski definition) is 3. The third kappa shape index (κ3) is 2.98. The second kappa shape index (κ2) is 6.12. The highest BCUT2D eigenvalue weighted by molar-refractivity contribution is 6.30. The molecular formula is C14H17ClN2O. The molecule has 4 heteroatoms. The van der Waals surface area contributed by atoms with Gasteiger partial charge in [0.2, 0.25) is 0 Å². The minimum atomic E-state index is -0.624. The molecule has 1 heterocycles. The van der Waals surface area contributed by atoms with Crippen LogP contribution in [0.25, 0.3) is 11.0 Å². The molecule has 1 unspecified atom stereocenters. The van der Waals surface area contributed by atoms with Crippen LogP contribution in [0, 0.1) is 0 Å². The smallest absolute Gasteiger partial charge is 0.153 e. The fourth-order valence-corrected chi connectivity index (χ4v) is 2.19. The maximum atomic E-state index is 10.1. The van der Waals surface area contributed by atoms with Crippen LogP contribution >= 0.6 is 11.6 Å². The molecule has 0 radical (unpaired) electrons. The van der Waals surface area contributed by atoms with E-state index < -0.39 is 6.10 Å². The lowest BCUT2D eigenvalue weighted by molar-refractivity contribution is 0.159. The van der Waals surface area contributed by atoms with Gasteiger partial charge >= 0.3 is 0 Å². The standard InChI is InChI=1S/C14H17ClN2O/c1-2-3-4-9-12(18)13-14(15)17-11-8-6-5-7-10(11)16-13/h5-8,12,18H,2-4,9H2,1H3. The van der Waals surface area contributed by atoms with Gasteiger partial charge < -0.3 is 5.11 Å². The summed E-state index contributed by atoms with van der Waals surface area (Å²) in [6.07, 6.45) is 3.27. The largest absolute Gasteiger partial charge is 0.387 e. The molecule has 2 rings (SSSR count). The van der Waals surface area contributed by atoms with Crippen LogP contribution in [0.15, 0.2) is 24.3 Å². The lowest BCUT2D eigenvalue weighted by Gasteiger charge is -2.11. The van der Waals surface area contributed by atoms with Crippen molar-refractivity contribution in [2.75, 3.05) is 0 Å². The highest BCUT2D eigenvalue weighted by Crippen LogP contribution is 2.25. The summed E-state index contributed by atoms with van der Waals surface area (Å²) in [5, 5.41) is 10.4. The number of para-hydroxylation sites is 2. The van der Waals surface area contributed by atoms with E-state index >= 15 is 0 Å². The van der Waals surface area contributed by atoms with Crippen molar-refractivity contribution in [3.63, 3.8) is 0 Å². The maximum Gasteiger partial charge on any atom is 0.153 e. The number of rotatable bonds is 5. The Bertz CT molecular complexity index is 530. The Morgan fingerprint density at radius 3 is 2.50 bits per heavy atom. The molecule has 0 aliphatic carbocycles. The Labute approximate surface area is 112 Å². The van der Waals surface area contributed by atoms with Crippen LogP contribution in [0.5, 0.6) is 0 Å². The molecule has 0 aliphatic rings. The summed E-state index contributed by atoms with van der Waals surface area (Å²) in [6.45, 7) is 2.13. The number of halogens is 1. The van der Waals surface area contributed by atoms with Crippen LogP contribution < -0.4 is 0 Å². The van der Waals surface area contributed by atoms with Gasteiger partial charge in [-0.1, -0.05) is 49.9 Å². The maximum absolute atomic E-state index is 10.1.